The van der Waals surface area contributed by atoms with E-state index in [1.807, 2.05) is 0 Å². The third-order valence-corrected chi connectivity index (χ3v) is 3.33. The lowest BCUT2D eigenvalue weighted by atomic mass is 10.2. The van der Waals surface area contributed by atoms with Gasteiger partial charge in [-0.2, -0.15) is 5.10 Å². The number of hydrazone groups is 1. The van der Waals surface area contributed by atoms with Gasteiger partial charge in [0, 0.05) is 6.54 Å². The van der Waals surface area contributed by atoms with Gasteiger partial charge in [-0.25, -0.2) is 5.43 Å². The van der Waals surface area contributed by atoms with Crippen molar-refractivity contribution in [1.82, 2.24) is 10.7 Å². The van der Waals surface area contributed by atoms with Crippen molar-refractivity contribution in [1.29, 1.82) is 0 Å². The third kappa shape index (κ3) is 4.61. The molecule has 0 radical (unpaired) electrons. The summed E-state index contributed by atoms with van der Waals surface area (Å²) in [5, 5.41) is 6.09. The standard InChI is InChI=1S/C12H13Br2N3O3/c1-3-15-11(18)12(19)17-16-6-7-4-8(13)10(20-2)9(14)5-7/h4-6H,3H2,1-2H3,(H,15,18)(H,17,19)/b16-6-. The van der Waals surface area contributed by atoms with Crippen molar-refractivity contribution in [2.75, 3.05) is 13.7 Å². The summed E-state index contributed by atoms with van der Waals surface area (Å²) in [5.41, 5.74) is 2.86. The Balaban J connectivity index is 2.72. The van der Waals surface area contributed by atoms with Crippen molar-refractivity contribution in [3.8, 4) is 5.75 Å². The van der Waals surface area contributed by atoms with E-state index < -0.39 is 11.8 Å². The number of hydrogen-bond donors (Lipinski definition) is 2. The summed E-state index contributed by atoms with van der Waals surface area (Å²) >= 11 is 6.71. The topological polar surface area (TPSA) is 79.8 Å². The van der Waals surface area contributed by atoms with Gasteiger partial charge in [0.15, 0.2) is 0 Å². The van der Waals surface area contributed by atoms with Crippen LogP contribution in [-0.4, -0.2) is 31.7 Å². The quantitative estimate of drug-likeness (QED) is 0.454. The van der Waals surface area contributed by atoms with E-state index in [1.54, 1.807) is 26.2 Å². The Kier molecular flexibility index (Phi) is 6.66. The van der Waals surface area contributed by atoms with Gasteiger partial charge in [-0.05, 0) is 56.5 Å². The molecule has 8 heteroatoms. The van der Waals surface area contributed by atoms with Gasteiger partial charge < -0.3 is 10.1 Å². The zero-order valence-corrected chi connectivity index (χ0v) is 14.0. The lowest BCUT2D eigenvalue weighted by Crippen LogP contribution is -2.37. The molecule has 0 aliphatic heterocycles. The van der Waals surface area contributed by atoms with Crippen LogP contribution in [0.4, 0.5) is 0 Å². The van der Waals surface area contributed by atoms with Gasteiger partial charge in [-0.15, -0.1) is 0 Å². The summed E-state index contributed by atoms with van der Waals surface area (Å²) in [7, 11) is 1.56. The smallest absolute Gasteiger partial charge is 0.329 e. The predicted octanol–water partition coefficient (Wildman–Crippen LogP) is 1.81. The molecule has 1 rings (SSSR count). The number of nitrogens with zero attached hydrogens (tertiary/aromatic N) is 1. The molecule has 108 valence electrons. The molecule has 0 bridgehead atoms. The molecule has 1 aromatic carbocycles. The molecule has 0 aliphatic rings. The largest absolute Gasteiger partial charge is 0.494 e. The number of methoxy groups -OCH3 is 1. The molecule has 0 aromatic heterocycles. The molecular weight excluding hydrogens is 394 g/mol. The third-order valence-electron chi connectivity index (χ3n) is 2.15. The van der Waals surface area contributed by atoms with Crippen molar-refractivity contribution in [3.05, 3.63) is 26.6 Å². The van der Waals surface area contributed by atoms with E-state index in [2.05, 4.69) is 47.7 Å². The Labute approximate surface area is 133 Å². The van der Waals surface area contributed by atoms with Crippen molar-refractivity contribution in [2.24, 2.45) is 5.10 Å². The zero-order chi connectivity index (χ0) is 15.1. The molecule has 2 amide bonds. The first-order valence-electron chi connectivity index (χ1n) is 5.63. The molecule has 0 aliphatic carbocycles. The van der Waals surface area contributed by atoms with Crippen LogP contribution < -0.4 is 15.5 Å². The summed E-state index contributed by atoms with van der Waals surface area (Å²) < 4.78 is 6.65. The highest BCUT2D eigenvalue weighted by atomic mass is 79.9. The maximum absolute atomic E-state index is 11.3. The average molecular weight is 407 g/mol. The van der Waals surface area contributed by atoms with Crippen LogP contribution in [0, 0.1) is 0 Å². The number of ether oxygens (including phenoxy) is 1. The van der Waals surface area contributed by atoms with E-state index in [1.165, 1.54) is 6.21 Å². The maximum atomic E-state index is 11.3. The molecule has 20 heavy (non-hydrogen) atoms. The number of benzene rings is 1. The number of rotatable bonds is 4. The van der Waals surface area contributed by atoms with E-state index >= 15 is 0 Å². The Morgan fingerprint density at radius 3 is 2.40 bits per heavy atom. The molecule has 0 spiro atoms. The lowest BCUT2D eigenvalue weighted by molar-refractivity contribution is -0.139. The van der Waals surface area contributed by atoms with Crippen LogP contribution in [0.2, 0.25) is 0 Å². The van der Waals surface area contributed by atoms with Crippen LogP contribution in [0.3, 0.4) is 0 Å². The number of halogens is 2. The van der Waals surface area contributed by atoms with Crippen LogP contribution in [0.25, 0.3) is 0 Å². The zero-order valence-electron chi connectivity index (χ0n) is 10.9. The first-order valence-corrected chi connectivity index (χ1v) is 7.22. The fourth-order valence-electron chi connectivity index (χ4n) is 1.31. The second-order valence-corrected chi connectivity index (χ2v) is 5.29. The second-order valence-electron chi connectivity index (χ2n) is 3.58. The fraction of sp³-hybridized carbons (Fsp3) is 0.250. The van der Waals surface area contributed by atoms with Crippen LogP contribution in [-0.2, 0) is 9.59 Å². The molecule has 0 heterocycles. The van der Waals surface area contributed by atoms with Crippen LogP contribution in [0.15, 0.2) is 26.2 Å². The number of carbonyl (C=O) groups is 2. The Morgan fingerprint density at radius 2 is 1.90 bits per heavy atom. The van der Waals surface area contributed by atoms with E-state index in [0.717, 1.165) is 14.5 Å². The number of nitrogens with one attached hydrogen (secondary N) is 2. The molecule has 0 fully saturated rings. The number of hydrogen-bond acceptors (Lipinski definition) is 4. The Morgan fingerprint density at radius 1 is 1.30 bits per heavy atom. The number of amides is 2. The van der Waals surface area contributed by atoms with E-state index in [9.17, 15) is 9.59 Å². The second kappa shape index (κ2) is 8.01. The highest BCUT2D eigenvalue weighted by Gasteiger charge is 2.10. The SMILES string of the molecule is CCNC(=O)C(=O)N/N=C\c1cc(Br)c(OC)c(Br)c1. The van der Waals surface area contributed by atoms with Crippen LogP contribution in [0.5, 0.6) is 5.75 Å². The van der Waals surface area contributed by atoms with E-state index in [0.29, 0.717) is 12.3 Å². The van der Waals surface area contributed by atoms with Gasteiger partial charge in [-0.3, -0.25) is 9.59 Å². The van der Waals surface area contributed by atoms with Gasteiger partial charge in [0.05, 0.1) is 22.3 Å². The van der Waals surface area contributed by atoms with E-state index in [-0.39, 0.29) is 0 Å². The molecule has 0 saturated heterocycles. The Bertz CT molecular complexity index is 524. The first-order chi connectivity index (χ1) is 9.49. The summed E-state index contributed by atoms with van der Waals surface area (Å²) in [6.45, 7) is 2.11. The highest BCUT2D eigenvalue weighted by molar-refractivity contribution is 9.11. The lowest BCUT2D eigenvalue weighted by Gasteiger charge is -2.06. The minimum Gasteiger partial charge on any atom is -0.494 e. The molecule has 1 aromatic rings. The molecule has 2 N–H and O–H groups in total. The molecule has 0 atom stereocenters. The van der Waals surface area contributed by atoms with E-state index in [4.69, 9.17) is 4.74 Å². The highest BCUT2D eigenvalue weighted by Crippen LogP contribution is 2.33. The predicted molar refractivity (Wildman–Crippen MR) is 82.8 cm³/mol. The summed E-state index contributed by atoms with van der Waals surface area (Å²) in [6, 6.07) is 3.54. The van der Waals surface area contributed by atoms with Gasteiger partial charge in [0.25, 0.3) is 0 Å². The first kappa shape index (κ1) is 16.6. The molecule has 6 nitrogen and oxygen atoms in total. The minimum absolute atomic E-state index is 0.383. The molecular formula is C12H13Br2N3O3. The molecule has 0 unspecified atom stereocenters. The van der Waals surface area contributed by atoms with Gasteiger partial charge in [0.2, 0.25) is 0 Å². The van der Waals surface area contributed by atoms with Gasteiger partial charge in [-0.1, -0.05) is 0 Å². The maximum Gasteiger partial charge on any atom is 0.329 e. The van der Waals surface area contributed by atoms with Crippen LogP contribution in [0.1, 0.15) is 12.5 Å². The van der Waals surface area contributed by atoms with Crippen molar-refractivity contribution in [3.63, 3.8) is 0 Å². The fourth-order valence-corrected chi connectivity index (χ4v) is 2.85. The number of likely N-dealkylation sites (N-methyl/N-ethyl adjacent to an activating group) is 1. The molecule has 0 saturated carbocycles. The van der Waals surface area contributed by atoms with Crippen molar-refractivity contribution >= 4 is 49.9 Å². The van der Waals surface area contributed by atoms with Crippen molar-refractivity contribution < 1.29 is 14.3 Å². The average Bonchev–Trinajstić information content (AvgIpc) is 2.38. The summed E-state index contributed by atoms with van der Waals surface area (Å²) in [5.74, 6) is -0.870. The minimum atomic E-state index is -0.810. The normalized spacial score (nSPS) is 10.4. The monoisotopic (exact) mass is 405 g/mol. The summed E-state index contributed by atoms with van der Waals surface area (Å²) in [4.78, 5) is 22.4. The van der Waals surface area contributed by atoms with Crippen molar-refractivity contribution in [2.45, 2.75) is 6.92 Å². The van der Waals surface area contributed by atoms with Crippen LogP contribution >= 0.6 is 31.9 Å². The number of carbonyl (C=O) groups excluding carboxylic acids is 2. The van der Waals surface area contributed by atoms with Gasteiger partial charge in [0.1, 0.15) is 5.75 Å². The summed E-state index contributed by atoms with van der Waals surface area (Å²) in [6.07, 6.45) is 1.42. The van der Waals surface area contributed by atoms with Gasteiger partial charge >= 0.3 is 11.8 Å². The Hall–Kier alpha value is -1.41.